The standard InChI is InChI=1S/C16H25ClN4O2/c1-12-9-20(11-14(12)19-4-6-23-7-5-19)15(22)16(2,3)21-10-13(17)8-18-21/h8,10,12,14H,4-7,9,11H2,1-3H3/t12-,14-/m0/s1. The summed E-state index contributed by atoms with van der Waals surface area (Å²) >= 11 is 5.95. The number of aromatic nitrogens is 2. The summed E-state index contributed by atoms with van der Waals surface area (Å²) in [5, 5.41) is 4.77. The monoisotopic (exact) mass is 340 g/mol. The maximum Gasteiger partial charge on any atom is 0.250 e. The number of rotatable bonds is 3. The number of carbonyl (C=O) groups is 1. The third kappa shape index (κ3) is 3.25. The highest BCUT2D eigenvalue weighted by molar-refractivity contribution is 6.30. The van der Waals surface area contributed by atoms with E-state index in [1.54, 1.807) is 17.1 Å². The fraction of sp³-hybridized carbons (Fsp3) is 0.750. The van der Waals surface area contributed by atoms with Crippen molar-refractivity contribution < 1.29 is 9.53 Å². The highest BCUT2D eigenvalue weighted by atomic mass is 35.5. The minimum Gasteiger partial charge on any atom is -0.379 e. The van der Waals surface area contributed by atoms with E-state index < -0.39 is 5.54 Å². The van der Waals surface area contributed by atoms with Gasteiger partial charge in [0.15, 0.2) is 0 Å². The molecule has 0 saturated carbocycles. The Morgan fingerprint density at radius 3 is 2.65 bits per heavy atom. The Hall–Kier alpha value is -1.11. The molecule has 3 heterocycles. The van der Waals surface area contributed by atoms with E-state index in [2.05, 4.69) is 16.9 Å². The molecule has 2 aliphatic rings. The molecular formula is C16H25ClN4O2. The van der Waals surface area contributed by atoms with Crippen molar-refractivity contribution in [1.29, 1.82) is 0 Å². The molecule has 2 fully saturated rings. The number of carbonyl (C=O) groups excluding carboxylic acids is 1. The van der Waals surface area contributed by atoms with E-state index in [4.69, 9.17) is 16.3 Å². The summed E-state index contributed by atoms with van der Waals surface area (Å²) < 4.78 is 7.09. The van der Waals surface area contributed by atoms with Crippen molar-refractivity contribution in [3.63, 3.8) is 0 Å². The molecule has 2 atom stereocenters. The molecule has 1 aromatic rings. The Balaban J connectivity index is 1.70. The summed E-state index contributed by atoms with van der Waals surface area (Å²) in [4.78, 5) is 17.5. The Kier molecular flexibility index (Phi) is 4.67. The molecule has 3 rings (SSSR count). The number of ether oxygens (including phenoxy) is 1. The first kappa shape index (κ1) is 16.7. The number of likely N-dealkylation sites (tertiary alicyclic amines) is 1. The Labute approximate surface area is 142 Å². The minimum atomic E-state index is -0.729. The summed E-state index contributed by atoms with van der Waals surface area (Å²) in [5.41, 5.74) is -0.729. The van der Waals surface area contributed by atoms with Crippen LogP contribution in [0, 0.1) is 5.92 Å². The van der Waals surface area contributed by atoms with Crippen molar-refractivity contribution in [1.82, 2.24) is 19.6 Å². The second kappa shape index (κ2) is 6.42. The van der Waals surface area contributed by atoms with Crippen molar-refractivity contribution in [2.24, 2.45) is 5.92 Å². The molecule has 2 saturated heterocycles. The van der Waals surface area contributed by atoms with Crippen LogP contribution >= 0.6 is 11.6 Å². The number of morpholine rings is 1. The smallest absolute Gasteiger partial charge is 0.250 e. The van der Waals surface area contributed by atoms with Gasteiger partial charge in [0.05, 0.1) is 24.4 Å². The van der Waals surface area contributed by atoms with Gasteiger partial charge < -0.3 is 9.64 Å². The number of nitrogens with zero attached hydrogens (tertiary/aromatic N) is 4. The number of halogens is 1. The van der Waals surface area contributed by atoms with Gasteiger partial charge in [0.25, 0.3) is 0 Å². The van der Waals surface area contributed by atoms with Gasteiger partial charge in [-0.25, -0.2) is 0 Å². The highest BCUT2D eigenvalue weighted by Crippen LogP contribution is 2.27. The van der Waals surface area contributed by atoms with Crippen LogP contribution in [-0.4, -0.2) is 70.9 Å². The van der Waals surface area contributed by atoms with Gasteiger partial charge in [-0.15, -0.1) is 0 Å². The fourth-order valence-electron chi connectivity index (χ4n) is 3.59. The van der Waals surface area contributed by atoms with Gasteiger partial charge in [-0.2, -0.15) is 5.10 Å². The molecule has 23 heavy (non-hydrogen) atoms. The topological polar surface area (TPSA) is 50.6 Å². The van der Waals surface area contributed by atoms with Crippen LogP contribution in [0.5, 0.6) is 0 Å². The Morgan fingerprint density at radius 1 is 1.35 bits per heavy atom. The molecule has 1 aromatic heterocycles. The van der Waals surface area contributed by atoms with Gasteiger partial charge in [0.2, 0.25) is 5.91 Å². The summed E-state index contributed by atoms with van der Waals surface area (Å²) in [5.74, 6) is 0.564. The summed E-state index contributed by atoms with van der Waals surface area (Å²) in [6, 6.07) is 0.417. The Bertz CT molecular complexity index is 568. The summed E-state index contributed by atoms with van der Waals surface area (Å²) in [7, 11) is 0. The molecule has 0 unspecified atom stereocenters. The largest absolute Gasteiger partial charge is 0.379 e. The average Bonchev–Trinajstić information content (AvgIpc) is 3.14. The zero-order valence-corrected chi connectivity index (χ0v) is 14.8. The van der Waals surface area contributed by atoms with Gasteiger partial charge in [-0.1, -0.05) is 18.5 Å². The van der Waals surface area contributed by atoms with Crippen LogP contribution in [0.25, 0.3) is 0 Å². The number of hydrogen-bond donors (Lipinski definition) is 0. The van der Waals surface area contributed by atoms with Crippen molar-refractivity contribution in [2.75, 3.05) is 39.4 Å². The van der Waals surface area contributed by atoms with Gasteiger partial charge in [0, 0.05) is 38.4 Å². The van der Waals surface area contributed by atoms with E-state index in [1.165, 1.54) is 0 Å². The second-order valence-corrected chi connectivity index (χ2v) is 7.50. The lowest BCUT2D eigenvalue weighted by Crippen LogP contribution is -2.49. The van der Waals surface area contributed by atoms with Gasteiger partial charge in [-0.05, 0) is 19.8 Å². The first-order chi connectivity index (χ1) is 10.9. The van der Waals surface area contributed by atoms with Crippen LogP contribution in [0.1, 0.15) is 20.8 Å². The average molecular weight is 341 g/mol. The quantitative estimate of drug-likeness (QED) is 0.835. The van der Waals surface area contributed by atoms with Crippen LogP contribution in [0.4, 0.5) is 0 Å². The normalized spacial score (nSPS) is 26.7. The summed E-state index contributed by atoms with van der Waals surface area (Å²) in [6.45, 7) is 11.1. The maximum absolute atomic E-state index is 13.0. The molecule has 0 aromatic carbocycles. The Morgan fingerprint density at radius 2 is 2.04 bits per heavy atom. The van der Waals surface area contributed by atoms with E-state index in [0.717, 1.165) is 39.4 Å². The van der Waals surface area contributed by atoms with Crippen molar-refractivity contribution in [2.45, 2.75) is 32.4 Å². The van der Waals surface area contributed by atoms with Gasteiger partial charge in [0.1, 0.15) is 5.54 Å². The molecule has 0 radical (unpaired) electrons. The van der Waals surface area contributed by atoms with E-state index >= 15 is 0 Å². The van der Waals surface area contributed by atoms with Crippen LogP contribution in [0.3, 0.4) is 0 Å². The van der Waals surface area contributed by atoms with Crippen molar-refractivity contribution in [3.05, 3.63) is 17.4 Å². The van der Waals surface area contributed by atoms with Crippen LogP contribution in [0.15, 0.2) is 12.4 Å². The lowest BCUT2D eigenvalue weighted by Gasteiger charge is -2.34. The van der Waals surface area contributed by atoms with Crippen LogP contribution in [0.2, 0.25) is 5.02 Å². The number of hydrogen-bond acceptors (Lipinski definition) is 4. The van der Waals surface area contributed by atoms with Gasteiger partial charge >= 0.3 is 0 Å². The first-order valence-corrected chi connectivity index (χ1v) is 8.59. The summed E-state index contributed by atoms with van der Waals surface area (Å²) in [6.07, 6.45) is 3.28. The molecule has 6 nitrogen and oxygen atoms in total. The second-order valence-electron chi connectivity index (χ2n) is 7.07. The first-order valence-electron chi connectivity index (χ1n) is 8.21. The number of amides is 1. The zero-order valence-electron chi connectivity index (χ0n) is 14.0. The molecule has 128 valence electrons. The van der Waals surface area contributed by atoms with Crippen molar-refractivity contribution in [3.8, 4) is 0 Å². The van der Waals surface area contributed by atoms with E-state index in [1.807, 2.05) is 18.7 Å². The molecule has 2 aliphatic heterocycles. The predicted molar refractivity (Wildman–Crippen MR) is 88.5 cm³/mol. The molecule has 0 N–H and O–H groups in total. The van der Waals surface area contributed by atoms with Crippen LogP contribution in [-0.2, 0) is 15.1 Å². The highest BCUT2D eigenvalue weighted by Gasteiger charge is 2.42. The molecular weight excluding hydrogens is 316 g/mol. The van der Waals surface area contributed by atoms with E-state index in [-0.39, 0.29) is 5.91 Å². The van der Waals surface area contributed by atoms with Crippen molar-refractivity contribution >= 4 is 17.5 Å². The molecule has 7 heteroatoms. The fourth-order valence-corrected chi connectivity index (χ4v) is 3.73. The molecule has 0 spiro atoms. The third-order valence-corrected chi connectivity index (χ3v) is 5.22. The minimum absolute atomic E-state index is 0.0971. The molecule has 0 aliphatic carbocycles. The maximum atomic E-state index is 13.0. The van der Waals surface area contributed by atoms with Crippen LogP contribution < -0.4 is 0 Å². The SMILES string of the molecule is C[C@H]1CN(C(=O)C(C)(C)n2cc(Cl)cn2)C[C@@H]1N1CCOCC1. The predicted octanol–water partition coefficient (Wildman–Crippen LogP) is 1.45. The molecule has 1 amide bonds. The third-order valence-electron chi connectivity index (χ3n) is 5.02. The zero-order chi connectivity index (χ0) is 16.6. The van der Waals surface area contributed by atoms with E-state index in [0.29, 0.717) is 17.0 Å². The lowest BCUT2D eigenvalue weighted by molar-refractivity contribution is -0.139. The molecule has 0 bridgehead atoms. The van der Waals surface area contributed by atoms with E-state index in [9.17, 15) is 4.79 Å². The lowest BCUT2D eigenvalue weighted by atomic mass is 10.0. The van der Waals surface area contributed by atoms with Gasteiger partial charge in [-0.3, -0.25) is 14.4 Å².